The molecule has 0 unspecified atom stereocenters. The molecule has 0 aliphatic carbocycles. The van der Waals surface area contributed by atoms with Crippen LogP contribution in [-0.2, 0) is 6.42 Å². The number of hydrogen-bond donors (Lipinski definition) is 3. The Labute approximate surface area is 147 Å². The Hall–Kier alpha value is -1.26. The molecule has 0 aliphatic rings. The van der Waals surface area contributed by atoms with Crippen molar-refractivity contribution in [3.8, 4) is 11.5 Å². The van der Waals surface area contributed by atoms with E-state index >= 15 is 0 Å². The van der Waals surface area contributed by atoms with Crippen LogP contribution in [0.5, 0.6) is 11.5 Å². The zero-order chi connectivity index (χ0) is 17.6. The third kappa shape index (κ3) is 9.14. The van der Waals surface area contributed by atoms with Gasteiger partial charge in [-0.05, 0) is 82.5 Å². The molecule has 0 aliphatic heterocycles. The van der Waals surface area contributed by atoms with Gasteiger partial charge in [-0.25, -0.2) is 0 Å². The Morgan fingerprint density at radius 3 is 2.21 bits per heavy atom. The van der Waals surface area contributed by atoms with Crippen molar-refractivity contribution >= 4 is 0 Å². The molecular weight excluding hydrogens is 300 g/mol. The molecule has 0 aromatic heterocycles. The first kappa shape index (κ1) is 20.8. The lowest BCUT2D eigenvalue weighted by Gasteiger charge is -2.20. The van der Waals surface area contributed by atoms with Gasteiger partial charge in [-0.2, -0.15) is 0 Å². The average molecular weight is 337 g/mol. The molecule has 0 fully saturated rings. The molecular formula is C20H36N2O2. The van der Waals surface area contributed by atoms with Gasteiger partial charge < -0.3 is 20.4 Å². The topological polar surface area (TPSA) is 55.7 Å². The minimum atomic E-state index is -0.0526. The minimum Gasteiger partial charge on any atom is -0.504 e. The SMILES string of the molecule is CCCN(CCC)CCCCCCNCCc1ccc(O)c(O)c1. The monoisotopic (exact) mass is 336 g/mol. The summed E-state index contributed by atoms with van der Waals surface area (Å²) in [5, 5.41) is 22.2. The van der Waals surface area contributed by atoms with Gasteiger partial charge in [-0.3, -0.25) is 0 Å². The molecule has 1 rings (SSSR count). The van der Waals surface area contributed by atoms with Crippen LogP contribution in [0.25, 0.3) is 0 Å². The van der Waals surface area contributed by atoms with Crippen LogP contribution in [0.4, 0.5) is 0 Å². The Morgan fingerprint density at radius 2 is 1.54 bits per heavy atom. The van der Waals surface area contributed by atoms with Gasteiger partial charge >= 0.3 is 0 Å². The summed E-state index contributed by atoms with van der Waals surface area (Å²) in [5.74, 6) is -0.0872. The smallest absolute Gasteiger partial charge is 0.157 e. The van der Waals surface area contributed by atoms with Crippen molar-refractivity contribution in [2.24, 2.45) is 0 Å². The van der Waals surface area contributed by atoms with E-state index in [-0.39, 0.29) is 11.5 Å². The van der Waals surface area contributed by atoms with E-state index in [4.69, 9.17) is 0 Å². The first-order valence-corrected chi connectivity index (χ1v) is 9.61. The van der Waals surface area contributed by atoms with Gasteiger partial charge in [-0.15, -0.1) is 0 Å². The van der Waals surface area contributed by atoms with Crippen molar-refractivity contribution in [2.75, 3.05) is 32.7 Å². The highest BCUT2D eigenvalue weighted by Gasteiger charge is 2.02. The van der Waals surface area contributed by atoms with E-state index in [0.29, 0.717) is 0 Å². The van der Waals surface area contributed by atoms with Gasteiger partial charge in [0.15, 0.2) is 11.5 Å². The van der Waals surface area contributed by atoms with E-state index in [9.17, 15) is 10.2 Å². The molecule has 1 aromatic rings. The molecule has 0 heterocycles. The highest BCUT2D eigenvalue weighted by molar-refractivity contribution is 5.40. The van der Waals surface area contributed by atoms with Gasteiger partial charge in [0.2, 0.25) is 0 Å². The second-order valence-electron chi connectivity index (χ2n) is 6.58. The number of nitrogens with zero attached hydrogens (tertiary/aromatic N) is 1. The number of benzene rings is 1. The molecule has 24 heavy (non-hydrogen) atoms. The predicted molar refractivity (Wildman–Crippen MR) is 102 cm³/mol. The van der Waals surface area contributed by atoms with Crippen LogP contribution in [-0.4, -0.2) is 47.8 Å². The molecule has 0 spiro atoms. The lowest BCUT2D eigenvalue weighted by Crippen LogP contribution is -2.26. The summed E-state index contributed by atoms with van der Waals surface area (Å²) in [6, 6.07) is 5.04. The van der Waals surface area contributed by atoms with Crippen LogP contribution in [0.2, 0.25) is 0 Å². The molecule has 0 saturated carbocycles. The minimum absolute atomic E-state index is 0.0345. The summed E-state index contributed by atoms with van der Waals surface area (Å²) >= 11 is 0. The number of phenolic OH excluding ortho intramolecular Hbond substituents is 2. The Kier molecular flexibility index (Phi) is 11.3. The van der Waals surface area contributed by atoms with Crippen LogP contribution in [0, 0.1) is 0 Å². The Morgan fingerprint density at radius 1 is 0.833 bits per heavy atom. The first-order chi connectivity index (χ1) is 11.7. The van der Waals surface area contributed by atoms with Crippen LogP contribution in [0.1, 0.15) is 57.9 Å². The number of nitrogens with one attached hydrogen (secondary N) is 1. The lowest BCUT2D eigenvalue weighted by atomic mass is 10.1. The predicted octanol–water partition coefficient (Wildman–Crippen LogP) is 3.91. The summed E-state index contributed by atoms with van der Waals surface area (Å²) in [6.45, 7) is 10.2. The average Bonchev–Trinajstić information content (AvgIpc) is 2.56. The molecule has 0 amide bonds. The maximum atomic E-state index is 9.46. The molecule has 4 nitrogen and oxygen atoms in total. The second kappa shape index (κ2) is 13.1. The van der Waals surface area contributed by atoms with Crippen molar-refractivity contribution in [3.05, 3.63) is 23.8 Å². The van der Waals surface area contributed by atoms with Gasteiger partial charge in [0.05, 0.1) is 0 Å². The molecule has 0 saturated heterocycles. The normalized spacial score (nSPS) is 11.3. The van der Waals surface area contributed by atoms with E-state index in [0.717, 1.165) is 25.1 Å². The molecule has 0 bridgehead atoms. The first-order valence-electron chi connectivity index (χ1n) is 9.61. The molecule has 1 aromatic carbocycles. The highest BCUT2D eigenvalue weighted by Crippen LogP contribution is 2.24. The van der Waals surface area contributed by atoms with Crippen molar-refractivity contribution in [3.63, 3.8) is 0 Å². The molecule has 138 valence electrons. The third-order valence-electron chi connectivity index (χ3n) is 4.29. The van der Waals surface area contributed by atoms with E-state index in [2.05, 4.69) is 24.1 Å². The highest BCUT2D eigenvalue weighted by atomic mass is 16.3. The van der Waals surface area contributed by atoms with Crippen molar-refractivity contribution < 1.29 is 10.2 Å². The number of aromatic hydroxyl groups is 2. The molecule has 3 N–H and O–H groups in total. The summed E-state index contributed by atoms with van der Waals surface area (Å²) in [7, 11) is 0. The fourth-order valence-corrected chi connectivity index (χ4v) is 2.99. The quantitative estimate of drug-likeness (QED) is 0.356. The number of phenols is 2. The van der Waals surface area contributed by atoms with Gasteiger partial charge in [0, 0.05) is 0 Å². The van der Waals surface area contributed by atoms with Gasteiger partial charge in [-0.1, -0.05) is 32.8 Å². The summed E-state index contributed by atoms with van der Waals surface area (Å²) in [6.07, 6.45) is 8.52. The van der Waals surface area contributed by atoms with Gasteiger partial charge in [0.25, 0.3) is 0 Å². The maximum Gasteiger partial charge on any atom is 0.157 e. The van der Waals surface area contributed by atoms with E-state index < -0.39 is 0 Å². The fourth-order valence-electron chi connectivity index (χ4n) is 2.99. The van der Waals surface area contributed by atoms with E-state index in [1.54, 1.807) is 12.1 Å². The summed E-state index contributed by atoms with van der Waals surface area (Å²) in [4.78, 5) is 2.59. The molecule has 4 heteroatoms. The van der Waals surface area contributed by atoms with Crippen LogP contribution < -0.4 is 5.32 Å². The standard InChI is InChI=1S/C20H36N2O2/c1-3-14-22(15-4-2)16-8-6-5-7-12-21-13-11-18-9-10-19(23)20(24)17-18/h9-10,17,21,23-24H,3-8,11-16H2,1-2H3. The van der Waals surface area contributed by atoms with E-state index in [1.807, 2.05) is 6.07 Å². The third-order valence-corrected chi connectivity index (χ3v) is 4.29. The van der Waals surface area contributed by atoms with Crippen molar-refractivity contribution in [1.29, 1.82) is 0 Å². The number of unbranched alkanes of at least 4 members (excludes halogenated alkanes) is 3. The van der Waals surface area contributed by atoms with Crippen LogP contribution >= 0.6 is 0 Å². The van der Waals surface area contributed by atoms with E-state index in [1.165, 1.54) is 58.2 Å². The van der Waals surface area contributed by atoms with Crippen molar-refractivity contribution in [1.82, 2.24) is 10.2 Å². The van der Waals surface area contributed by atoms with Crippen molar-refractivity contribution in [2.45, 2.75) is 58.8 Å². The fraction of sp³-hybridized carbons (Fsp3) is 0.700. The van der Waals surface area contributed by atoms with Crippen LogP contribution in [0.3, 0.4) is 0 Å². The Bertz CT molecular complexity index is 432. The van der Waals surface area contributed by atoms with Crippen LogP contribution in [0.15, 0.2) is 18.2 Å². The maximum absolute atomic E-state index is 9.46. The number of rotatable bonds is 14. The largest absolute Gasteiger partial charge is 0.504 e. The summed E-state index contributed by atoms with van der Waals surface area (Å²) < 4.78 is 0. The zero-order valence-corrected chi connectivity index (χ0v) is 15.6. The molecule has 0 radical (unpaired) electrons. The second-order valence-corrected chi connectivity index (χ2v) is 6.58. The summed E-state index contributed by atoms with van der Waals surface area (Å²) in [5.41, 5.74) is 1.05. The number of hydrogen-bond acceptors (Lipinski definition) is 4. The molecule has 0 atom stereocenters. The lowest BCUT2D eigenvalue weighted by molar-refractivity contribution is 0.268. The zero-order valence-electron chi connectivity index (χ0n) is 15.6. The van der Waals surface area contributed by atoms with Gasteiger partial charge in [0.1, 0.15) is 0 Å². The Balaban J connectivity index is 1.97.